The molecule has 1 aliphatic rings. The van der Waals surface area contributed by atoms with E-state index < -0.39 is 15.4 Å². The average Bonchev–Trinajstić information content (AvgIpc) is 2.72. The highest BCUT2D eigenvalue weighted by molar-refractivity contribution is 7.91. The number of Topliss-reactive ketones (excluding diaryl/α,β-unsaturated/α-hetero) is 1. The zero-order valence-electron chi connectivity index (χ0n) is 13.8. The number of carbonyl (C=O) groups excluding carboxylic acids is 2. The molecule has 126 valence electrons. The van der Waals surface area contributed by atoms with Crippen molar-refractivity contribution < 1.29 is 18.0 Å². The number of carbonyl (C=O) groups is 2. The molecule has 0 saturated carbocycles. The van der Waals surface area contributed by atoms with Crippen LogP contribution in [0.2, 0.25) is 0 Å². The van der Waals surface area contributed by atoms with Gasteiger partial charge >= 0.3 is 0 Å². The molecule has 0 spiro atoms. The summed E-state index contributed by atoms with van der Waals surface area (Å²) >= 11 is 0. The summed E-state index contributed by atoms with van der Waals surface area (Å²) in [5.74, 6) is -0.281. The molecule has 0 bridgehead atoms. The molecule has 1 heterocycles. The van der Waals surface area contributed by atoms with E-state index in [-0.39, 0.29) is 36.0 Å². The number of nitrogens with one attached hydrogen (secondary N) is 1. The van der Waals surface area contributed by atoms with Gasteiger partial charge in [-0.05, 0) is 44.4 Å². The summed E-state index contributed by atoms with van der Waals surface area (Å²) in [6.07, 6.45) is 0.616. The van der Waals surface area contributed by atoms with Crippen LogP contribution < -0.4 is 5.32 Å². The Morgan fingerprint density at radius 2 is 1.87 bits per heavy atom. The highest BCUT2D eigenvalue weighted by Gasteiger charge is 2.39. The molecule has 1 amide bonds. The van der Waals surface area contributed by atoms with Crippen molar-refractivity contribution in [3.63, 3.8) is 0 Å². The predicted octanol–water partition coefficient (Wildman–Crippen LogP) is 1.96. The molecule has 1 saturated heterocycles. The fraction of sp³-hybridized carbons (Fsp3) is 0.529. The van der Waals surface area contributed by atoms with Crippen molar-refractivity contribution in [1.82, 2.24) is 5.32 Å². The predicted molar refractivity (Wildman–Crippen MR) is 89.3 cm³/mol. The lowest BCUT2D eigenvalue weighted by Gasteiger charge is -2.23. The van der Waals surface area contributed by atoms with Gasteiger partial charge in [0, 0.05) is 18.4 Å². The lowest BCUT2D eigenvalue weighted by molar-refractivity contribution is -0.122. The molecule has 1 N–H and O–H groups in total. The van der Waals surface area contributed by atoms with E-state index in [9.17, 15) is 18.0 Å². The molecule has 1 aliphatic heterocycles. The summed E-state index contributed by atoms with van der Waals surface area (Å²) in [6, 6.07) is 5.50. The van der Waals surface area contributed by atoms with Crippen molar-refractivity contribution >= 4 is 21.5 Å². The highest BCUT2D eigenvalue weighted by Crippen LogP contribution is 2.23. The zero-order valence-corrected chi connectivity index (χ0v) is 14.6. The monoisotopic (exact) mass is 337 g/mol. The molecule has 1 aromatic carbocycles. The van der Waals surface area contributed by atoms with Crippen LogP contribution in [-0.2, 0) is 14.6 Å². The van der Waals surface area contributed by atoms with Crippen LogP contribution in [0.15, 0.2) is 18.2 Å². The quantitative estimate of drug-likeness (QED) is 0.833. The molecule has 1 aromatic rings. The van der Waals surface area contributed by atoms with Crippen LogP contribution in [0.4, 0.5) is 0 Å². The van der Waals surface area contributed by atoms with Gasteiger partial charge in [-0.3, -0.25) is 9.59 Å². The van der Waals surface area contributed by atoms with Gasteiger partial charge in [-0.25, -0.2) is 8.42 Å². The second-order valence-corrected chi connectivity index (χ2v) is 8.86. The summed E-state index contributed by atoms with van der Waals surface area (Å²) in [4.78, 5) is 24.2. The lowest BCUT2D eigenvalue weighted by atomic mass is 9.99. The van der Waals surface area contributed by atoms with Gasteiger partial charge in [0.1, 0.15) is 0 Å². The Bertz CT molecular complexity index is 739. The molecule has 1 atom stereocenters. The third-order valence-electron chi connectivity index (χ3n) is 4.35. The number of benzene rings is 1. The molecule has 0 aromatic heterocycles. The normalized spacial score (nSPS) is 22.7. The Hall–Kier alpha value is -1.69. The molecule has 0 radical (unpaired) electrons. The first kappa shape index (κ1) is 17.7. The van der Waals surface area contributed by atoms with E-state index in [1.54, 1.807) is 13.0 Å². The summed E-state index contributed by atoms with van der Waals surface area (Å²) < 4.78 is 23.1. The summed E-state index contributed by atoms with van der Waals surface area (Å²) in [5, 5.41) is 2.77. The topological polar surface area (TPSA) is 80.3 Å². The maximum atomic E-state index is 12.2. The standard InChI is InChI=1S/C17H23NO4S/c1-12-4-5-14(10-13(12)2)15(19)6-7-16(20)18-17(3)8-9-23(21,22)11-17/h4-5,10H,6-9,11H2,1-3H3,(H,18,20). The zero-order chi connectivity index (χ0) is 17.3. The van der Waals surface area contributed by atoms with Crippen LogP contribution in [0.5, 0.6) is 0 Å². The lowest BCUT2D eigenvalue weighted by Crippen LogP contribution is -2.46. The van der Waals surface area contributed by atoms with Gasteiger partial charge in [-0.1, -0.05) is 12.1 Å². The minimum atomic E-state index is -3.06. The first-order valence-electron chi connectivity index (χ1n) is 7.72. The number of amides is 1. The van der Waals surface area contributed by atoms with Crippen LogP contribution in [0, 0.1) is 13.8 Å². The van der Waals surface area contributed by atoms with Gasteiger partial charge in [0.05, 0.1) is 17.0 Å². The highest BCUT2D eigenvalue weighted by atomic mass is 32.2. The smallest absolute Gasteiger partial charge is 0.220 e. The van der Waals surface area contributed by atoms with Crippen LogP contribution >= 0.6 is 0 Å². The number of sulfone groups is 1. The second kappa shape index (κ2) is 6.43. The van der Waals surface area contributed by atoms with Crippen LogP contribution in [0.1, 0.15) is 47.7 Å². The van der Waals surface area contributed by atoms with Gasteiger partial charge in [-0.2, -0.15) is 0 Å². The van der Waals surface area contributed by atoms with Gasteiger partial charge < -0.3 is 5.32 Å². The number of ketones is 1. The maximum Gasteiger partial charge on any atom is 0.220 e. The van der Waals surface area contributed by atoms with Gasteiger partial charge in [0.25, 0.3) is 0 Å². The van der Waals surface area contributed by atoms with Gasteiger partial charge in [0.15, 0.2) is 15.6 Å². The van der Waals surface area contributed by atoms with Gasteiger partial charge in [-0.15, -0.1) is 0 Å². The Labute approximate surface area is 137 Å². The van der Waals surface area contributed by atoms with Crippen molar-refractivity contribution in [2.75, 3.05) is 11.5 Å². The summed E-state index contributed by atoms with van der Waals surface area (Å²) in [5.41, 5.74) is 2.06. The molecule has 1 unspecified atom stereocenters. The number of rotatable bonds is 5. The Kier molecular flexibility index (Phi) is 4.94. The molecule has 23 heavy (non-hydrogen) atoms. The molecule has 1 fully saturated rings. The second-order valence-electron chi connectivity index (χ2n) is 6.67. The van der Waals surface area contributed by atoms with E-state index >= 15 is 0 Å². The van der Waals surface area contributed by atoms with E-state index in [0.717, 1.165) is 11.1 Å². The van der Waals surface area contributed by atoms with Crippen LogP contribution in [0.3, 0.4) is 0 Å². The van der Waals surface area contributed by atoms with Crippen molar-refractivity contribution in [2.45, 2.75) is 45.6 Å². The van der Waals surface area contributed by atoms with E-state index in [2.05, 4.69) is 5.32 Å². The molecule has 6 heteroatoms. The Morgan fingerprint density at radius 3 is 2.43 bits per heavy atom. The van der Waals surface area contributed by atoms with Crippen LogP contribution in [-0.4, -0.2) is 37.2 Å². The van der Waals surface area contributed by atoms with Crippen molar-refractivity contribution in [2.24, 2.45) is 0 Å². The summed E-state index contributed by atoms with van der Waals surface area (Å²) in [6.45, 7) is 5.66. The SMILES string of the molecule is Cc1ccc(C(=O)CCC(=O)NC2(C)CCS(=O)(=O)C2)cc1C. The van der Waals surface area contributed by atoms with Crippen molar-refractivity contribution in [3.05, 3.63) is 34.9 Å². The van der Waals surface area contributed by atoms with Gasteiger partial charge in [0.2, 0.25) is 5.91 Å². The molecular weight excluding hydrogens is 314 g/mol. The van der Waals surface area contributed by atoms with E-state index in [1.165, 1.54) is 0 Å². The molecule has 5 nitrogen and oxygen atoms in total. The fourth-order valence-corrected chi connectivity index (χ4v) is 4.89. The first-order valence-corrected chi connectivity index (χ1v) is 9.54. The largest absolute Gasteiger partial charge is 0.350 e. The third-order valence-corrected chi connectivity index (χ3v) is 6.26. The Morgan fingerprint density at radius 1 is 1.17 bits per heavy atom. The van der Waals surface area contributed by atoms with Crippen molar-refractivity contribution in [3.8, 4) is 0 Å². The van der Waals surface area contributed by atoms with E-state index in [1.807, 2.05) is 26.0 Å². The minimum Gasteiger partial charge on any atom is -0.350 e. The number of hydrogen-bond donors (Lipinski definition) is 1. The third kappa shape index (κ3) is 4.64. The first-order chi connectivity index (χ1) is 10.6. The van der Waals surface area contributed by atoms with E-state index in [0.29, 0.717) is 12.0 Å². The molecule has 0 aliphatic carbocycles. The number of hydrogen-bond acceptors (Lipinski definition) is 4. The molecule has 2 rings (SSSR count). The van der Waals surface area contributed by atoms with E-state index in [4.69, 9.17) is 0 Å². The molecular formula is C17H23NO4S. The maximum absolute atomic E-state index is 12.2. The summed E-state index contributed by atoms with van der Waals surface area (Å²) in [7, 11) is -3.06. The number of aryl methyl sites for hydroxylation is 2. The minimum absolute atomic E-state index is 0.0309. The van der Waals surface area contributed by atoms with Crippen molar-refractivity contribution in [1.29, 1.82) is 0 Å². The Balaban J connectivity index is 1.89. The fourth-order valence-electron chi connectivity index (χ4n) is 2.79. The average molecular weight is 337 g/mol. The van der Waals surface area contributed by atoms with Crippen LogP contribution in [0.25, 0.3) is 0 Å².